The Kier molecular flexibility index (Phi) is 5.82. The van der Waals surface area contributed by atoms with E-state index >= 15 is 0 Å². The third kappa shape index (κ3) is 4.14. The third-order valence-electron chi connectivity index (χ3n) is 5.23. The molecular formula is C19H20ClF2NO3S. The van der Waals surface area contributed by atoms with Gasteiger partial charge in [0.25, 0.3) is 5.91 Å². The Morgan fingerprint density at radius 2 is 1.85 bits per heavy atom. The summed E-state index contributed by atoms with van der Waals surface area (Å²) < 4.78 is 29.2. The van der Waals surface area contributed by atoms with Crippen LogP contribution in [0.5, 0.6) is 0 Å². The van der Waals surface area contributed by atoms with Crippen LogP contribution in [0.1, 0.15) is 44.1 Å². The highest BCUT2D eigenvalue weighted by molar-refractivity contribution is 8.00. The number of carbonyl (C=O) groups excluding carboxylic acids is 1. The first-order valence-electron chi connectivity index (χ1n) is 8.73. The van der Waals surface area contributed by atoms with Gasteiger partial charge < -0.3 is 10.4 Å². The standard InChI is InChI=1S/C19H20ClF2NO3S/c1-19(20)5-3-2-4-13(19)10-6-14(21)16(15(22)7-10)23-17(24)11-8-27-9-12(11)18(25)26/h6-7,13H,2-5,8-9H2,1H3,(H,23,24)(H,25,26). The maximum atomic E-state index is 14.6. The second-order valence-corrected chi connectivity index (χ2v) is 8.99. The maximum Gasteiger partial charge on any atom is 0.332 e. The topological polar surface area (TPSA) is 66.4 Å². The van der Waals surface area contributed by atoms with Crippen LogP contribution in [0, 0.1) is 11.6 Å². The van der Waals surface area contributed by atoms with Crippen molar-refractivity contribution >= 4 is 40.9 Å². The fraction of sp³-hybridized carbons (Fsp3) is 0.474. The van der Waals surface area contributed by atoms with Gasteiger partial charge in [0.05, 0.1) is 5.57 Å². The first kappa shape index (κ1) is 20.1. The van der Waals surface area contributed by atoms with Crippen LogP contribution in [0.3, 0.4) is 0 Å². The van der Waals surface area contributed by atoms with Crippen LogP contribution in [0.4, 0.5) is 14.5 Å². The number of benzene rings is 1. The molecule has 0 radical (unpaired) electrons. The summed E-state index contributed by atoms with van der Waals surface area (Å²) in [7, 11) is 0. The lowest BCUT2D eigenvalue weighted by molar-refractivity contribution is -0.132. The number of hydrogen-bond acceptors (Lipinski definition) is 3. The van der Waals surface area contributed by atoms with Gasteiger partial charge in [0.15, 0.2) is 0 Å². The van der Waals surface area contributed by atoms with E-state index in [1.165, 1.54) is 23.9 Å². The molecule has 2 N–H and O–H groups in total. The highest BCUT2D eigenvalue weighted by atomic mass is 35.5. The molecule has 2 aliphatic rings. The lowest BCUT2D eigenvalue weighted by Crippen LogP contribution is -2.30. The van der Waals surface area contributed by atoms with Crippen LogP contribution in [0.25, 0.3) is 0 Å². The molecule has 1 fully saturated rings. The van der Waals surface area contributed by atoms with Gasteiger partial charge in [-0.3, -0.25) is 4.79 Å². The molecule has 146 valence electrons. The average Bonchev–Trinajstić information content (AvgIpc) is 3.07. The lowest BCUT2D eigenvalue weighted by Gasteiger charge is -2.37. The van der Waals surface area contributed by atoms with Crippen LogP contribution in [-0.4, -0.2) is 33.4 Å². The molecule has 1 amide bonds. The average molecular weight is 416 g/mol. The summed E-state index contributed by atoms with van der Waals surface area (Å²) in [4.78, 5) is 22.9. The number of carbonyl (C=O) groups is 2. The zero-order chi connectivity index (χ0) is 19.8. The molecule has 0 aromatic heterocycles. The Bertz CT molecular complexity index is 802. The zero-order valence-corrected chi connectivity index (χ0v) is 16.4. The number of amides is 1. The van der Waals surface area contributed by atoms with Crippen LogP contribution < -0.4 is 5.32 Å². The summed E-state index contributed by atoms with van der Waals surface area (Å²) in [5.41, 5.74) is -0.0851. The van der Waals surface area contributed by atoms with Gasteiger partial charge in [0.1, 0.15) is 17.3 Å². The molecule has 2 atom stereocenters. The van der Waals surface area contributed by atoms with E-state index in [4.69, 9.17) is 16.7 Å². The van der Waals surface area contributed by atoms with Crippen LogP contribution in [-0.2, 0) is 9.59 Å². The van der Waals surface area contributed by atoms with Gasteiger partial charge in [-0.15, -0.1) is 11.6 Å². The number of anilines is 1. The van der Waals surface area contributed by atoms with Gasteiger partial charge in [-0.1, -0.05) is 12.8 Å². The summed E-state index contributed by atoms with van der Waals surface area (Å²) in [6.07, 6.45) is 3.44. The highest BCUT2D eigenvalue weighted by Crippen LogP contribution is 2.45. The Morgan fingerprint density at radius 1 is 1.22 bits per heavy atom. The van der Waals surface area contributed by atoms with Gasteiger partial charge in [-0.05, 0) is 37.5 Å². The number of rotatable bonds is 4. The fourth-order valence-electron chi connectivity index (χ4n) is 3.73. The number of aliphatic carboxylic acids is 1. The predicted molar refractivity (Wildman–Crippen MR) is 102 cm³/mol. The number of carboxylic acid groups (broad SMARTS) is 1. The monoisotopic (exact) mass is 415 g/mol. The van der Waals surface area contributed by atoms with Crippen molar-refractivity contribution in [2.75, 3.05) is 16.8 Å². The van der Waals surface area contributed by atoms with Gasteiger partial charge in [0, 0.05) is 27.9 Å². The Labute approximate surface area is 165 Å². The van der Waals surface area contributed by atoms with Crippen LogP contribution in [0.15, 0.2) is 23.3 Å². The van der Waals surface area contributed by atoms with E-state index in [9.17, 15) is 18.4 Å². The first-order chi connectivity index (χ1) is 12.7. The lowest BCUT2D eigenvalue weighted by atomic mass is 9.75. The van der Waals surface area contributed by atoms with E-state index in [1.807, 2.05) is 6.92 Å². The summed E-state index contributed by atoms with van der Waals surface area (Å²) in [6.45, 7) is 1.88. The van der Waals surface area contributed by atoms with Gasteiger partial charge in [-0.2, -0.15) is 11.8 Å². The van der Waals surface area contributed by atoms with E-state index in [-0.39, 0.29) is 28.6 Å². The second kappa shape index (κ2) is 7.80. The van der Waals surface area contributed by atoms with Crippen LogP contribution >= 0.6 is 23.4 Å². The molecule has 0 bridgehead atoms. The maximum absolute atomic E-state index is 14.6. The normalized spacial score (nSPS) is 25.6. The molecule has 1 aliphatic heterocycles. The van der Waals surface area contributed by atoms with Crippen molar-refractivity contribution in [1.82, 2.24) is 0 Å². The largest absolute Gasteiger partial charge is 0.478 e. The molecule has 1 aliphatic carbocycles. The third-order valence-corrected chi connectivity index (χ3v) is 6.67. The van der Waals surface area contributed by atoms with Crippen LogP contribution in [0.2, 0.25) is 0 Å². The summed E-state index contributed by atoms with van der Waals surface area (Å²) in [5.74, 6) is -3.55. The molecule has 3 rings (SSSR count). The van der Waals surface area contributed by atoms with E-state index in [2.05, 4.69) is 5.32 Å². The van der Waals surface area contributed by atoms with E-state index < -0.39 is 34.1 Å². The minimum atomic E-state index is -1.19. The number of hydrogen-bond donors (Lipinski definition) is 2. The molecule has 1 aromatic carbocycles. The molecule has 27 heavy (non-hydrogen) atoms. The van der Waals surface area contributed by atoms with E-state index in [0.29, 0.717) is 5.56 Å². The minimum Gasteiger partial charge on any atom is -0.478 e. The Morgan fingerprint density at radius 3 is 2.44 bits per heavy atom. The summed E-state index contributed by atoms with van der Waals surface area (Å²) in [6, 6.07) is 2.43. The second-order valence-electron chi connectivity index (χ2n) is 7.15. The molecular weight excluding hydrogens is 396 g/mol. The van der Waals surface area contributed by atoms with Crippen molar-refractivity contribution in [2.45, 2.75) is 43.4 Å². The number of alkyl halides is 1. The van der Waals surface area contributed by atoms with Gasteiger partial charge in [0.2, 0.25) is 0 Å². The summed E-state index contributed by atoms with van der Waals surface area (Å²) in [5, 5.41) is 11.3. The molecule has 0 saturated heterocycles. The Hall–Kier alpha value is -1.60. The zero-order valence-electron chi connectivity index (χ0n) is 14.8. The number of carboxylic acids is 1. The molecule has 0 spiro atoms. The van der Waals surface area contributed by atoms with E-state index in [0.717, 1.165) is 25.7 Å². The van der Waals surface area contributed by atoms with Gasteiger partial charge in [-0.25, -0.2) is 13.6 Å². The molecule has 1 aromatic rings. The molecule has 2 unspecified atom stereocenters. The van der Waals surface area contributed by atoms with Crippen molar-refractivity contribution in [2.24, 2.45) is 0 Å². The van der Waals surface area contributed by atoms with Crippen molar-refractivity contribution in [3.63, 3.8) is 0 Å². The number of halogens is 3. The molecule has 4 nitrogen and oxygen atoms in total. The predicted octanol–water partition coefficient (Wildman–Crippen LogP) is 4.69. The number of nitrogens with one attached hydrogen (secondary N) is 1. The molecule has 1 saturated carbocycles. The summed E-state index contributed by atoms with van der Waals surface area (Å²) >= 11 is 7.82. The van der Waals surface area contributed by atoms with Gasteiger partial charge >= 0.3 is 5.97 Å². The molecule has 1 heterocycles. The Balaban J connectivity index is 1.87. The first-order valence-corrected chi connectivity index (χ1v) is 10.3. The molecule has 8 heteroatoms. The van der Waals surface area contributed by atoms with E-state index in [1.54, 1.807) is 0 Å². The van der Waals surface area contributed by atoms with Crippen molar-refractivity contribution in [1.29, 1.82) is 0 Å². The van der Waals surface area contributed by atoms with Crippen molar-refractivity contribution < 1.29 is 23.5 Å². The van der Waals surface area contributed by atoms with Crippen molar-refractivity contribution in [3.05, 3.63) is 40.5 Å². The highest BCUT2D eigenvalue weighted by Gasteiger charge is 2.36. The SMILES string of the molecule is CC1(Cl)CCCCC1c1cc(F)c(NC(=O)C2=C(C(=O)O)CSC2)c(F)c1. The fourth-order valence-corrected chi connectivity index (χ4v) is 5.22. The quantitative estimate of drug-likeness (QED) is 0.700. The smallest absolute Gasteiger partial charge is 0.332 e. The van der Waals surface area contributed by atoms with Crippen molar-refractivity contribution in [3.8, 4) is 0 Å². The number of thioether (sulfide) groups is 1. The minimum absolute atomic E-state index is 0.0324.